The lowest BCUT2D eigenvalue weighted by molar-refractivity contribution is 0.158. The summed E-state index contributed by atoms with van der Waals surface area (Å²) in [5, 5.41) is 4.54. The van der Waals surface area contributed by atoms with E-state index in [2.05, 4.69) is 33.2 Å². The summed E-state index contributed by atoms with van der Waals surface area (Å²) < 4.78 is 1.16. The molecule has 0 unspecified atom stereocenters. The molecule has 1 aromatic heterocycles. The fraction of sp³-hybridized carbons (Fsp3) is 0.533. The number of aryl methyl sites for hydroxylation is 1. The molecule has 1 saturated heterocycles. The first-order chi connectivity index (χ1) is 10.1. The third kappa shape index (κ3) is 3.45. The van der Waals surface area contributed by atoms with Crippen molar-refractivity contribution in [2.75, 3.05) is 57.4 Å². The van der Waals surface area contributed by atoms with Crippen molar-refractivity contribution in [2.24, 2.45) is 0 Å². The van der Waals surface area contributed by atoms with Gasteiger partial charge in [-0.25, -0.2) is 4.98 Å². The molecule has 1 aromatic carbocycles. The molecule has 5 nitrogen and oxygen atoms in total. The van der Waals surface area contributed by atoms with Crippen LogP contribution in [0.1, 0.15) is 5.01 Å². The normalized spacial score (nSPS) is 17.4. The summed E-state index contributed by atoms with van der Waals surface area (Å²) in [4.78, 5) is 9.40. The molecule has 0 bridgehead atoms. The number of fused-ring (bicyclic) bond motifs is 1. The summed E-state index contributed by atoms with van der Waals surface area (Å²) in [6.07, 6.45) is 0. The van der Waals surface area contributed by atoms with Gasteiger partial charge >= 0.3 is 0 Å². The predicted molar refractivity (Wildman–Crippen MR) is 91.2 cm³/mol. The average molecular weight is 305 g/mol. The topological polar surface area (TPSA) is 57.4 Å². The van der Waals surface area contributed by atoms with E-state index in [1.165, 1.54) is 0 Å². The summed E-state index contributed by atoms with van der Waals surface area (Å²) >= 11 is 1.69. The number of rotatable bonds is 4. The van der Waals surface area contributed by atoms with E-state index in [-0.39, 0.29) is 0 Å². The van der Waals surface area contributed by atoms with Gasteiger partial charge in [0.25, 0.3) is 0 Å². The first kappa shape index (κ1) is 14.6. The molecule has 6 heteroatoms. The van der Waals surface area contributed by atoms with Gasteiger partial charge in [0, 0.05) is 39.3 Å². The van der Waals surface area contributed by atoms with Gasteiger partial charge in [-0.1, -0.05) is 0 Å². The van der Waals surface area contributed by atoms with Crippen LogP contribution in [0.15, 0.2) is 12.1 Å². The van der Waals surface area contributed by atoms with Gasteiger partial charge in [-0.2, -0.15) is 0 Å². The predicted octanol–water partition coefficient (Wildman–Crippen LogP) is 1.85. The van der Waals surface area contributed by atoms with Crippen LogP contribution in [0.25, 0.3) is 10.2 Å². The number of aromatic nitrogens is 1. The quantitative estimate of drug-likeness (QED) is 0.844. The Bertz CT molecular complexity index is 616. The SMILES string of the molecule is Cc1nc2cc(NCCN3CCN(C)CC3)c(N)cc2s1. The van der Waals surface area contributed by atoms with E-state index in [0.717, 1.165) is 65.9 Å². The molecular formula is C15H23N5S. The maximum atomic E-state index is 6.13. The molecular weight excluding hydrogens is 282 g/mol. The third-order valence-corrected chi connectivity index (χ3v) is 4.94. The van der Waals surface area contributed by atoms with Crippen LogP contribution in [-0.4, -0.2) is 61.1 Å². The lowest BCUT2D eigenvalue weighted by atomic mass is 10.2. The highest BCUT2D eigenvalue weighted by atomic mass is 32.1. The summed E-state index contributed by atoms with van der Waals surface area (Å²) in [6.45, 7) is 8.62. The van der Waals surface area contributed by atoms with E-state index in [1.807, 2.05) is 13.0 Å². The molecule has 0 saturated carbocycles. The molecule has 2 heterocycles. The highest BCUT2D eigenvalue weighted by Gasteiger charge is 2.13. The van der Waals surface area contributed by atoms with Gasteiger partial charge < -0.3 is 16.0 Å². The minimum Gasteiger partial charge on any atom is -0.397 e. The van der Waals surface area contributed by atoms with E-state index in [0.29, 0.717) is 0 Å². The fourth-order valence-corrected chi connectivity index (χ4v) is 3.54. The van der Waals surface area contributed by atoms with Gasteiger partial charge in [0.1, 0.15) is 0 Å². The second-order valence-electron chi connectivity index (χ2n) is 5.71. The molecule has 0 aliphatic carbocycles. The van der Waals surface area contributed by atoms with Crippen molar-refractivity contribution in [3.8, 4) is 0 Å². The number of hydrogen-bond donors (Lipinski definition) is 2. The smallest absolute Gasteiger partial charge is 0.0907 e. The number of nitrogens with one attached hydrogen (secondary N) is 1. The Labute approximate surface area is 129 Å². The Morgan fingerprint density at radius 1 is 1.29 bits per heavy atom. The number of likely N-dealkylation sites (N-methyl/N-ethyl adjacent to an activating group) is 1. The number of nitrogens with zero attached hydrogens (tertiary/aromatic N) is 3. The Morgan fingerprint density at radius 3 is 2.81 bits per heavy atom. The van der Waals surface area contributed by atoms with Crippen molar-refractivity contribution >= 4 is 32.9 Å². The van der Waals surface area contributed by atoms with Gasteiger partial charge in [-0.3, -0.25) is 4.90 Å². The van der Waals surface area contributed by atoms with Gasteiger partial charge in [0.2, 0.25) is 0 Å². The van der Waals surface area contributed by atoms with Crippen LogP contribution >= 0.6 is 11.3 Å². The van der Waals surface area contributed by atoms with Gasteiger partial charge in [0.15, 0.2) is 0 Å². The van der Waals surface area contributed by atoms with Crippen LogP contribution in [0.5, 0.6) is 0 Å². The van der Waals surface area contributed by atoms with Crippen molar-refractivity contribution in [3.63, 3.8) is 0 Å². The Kier molecular flexibility index (Phi) is 4.28. The maximum absolute atomic E-state index is 6.13. The highest BCUT2D eigenvalue weighted by Crippen LogP contribution is 2.29. The van der Waals surface area contributed by atoms with Crippen molar-refractivity contribution in [2.45, 2.75) is 6.92 Å². The van der Waals surface area contributed by atoms with Gasteiger partial charge in [-0.05, 0) is 26.1 Å². The zero-order valence-corrected chi connectivity index (χ0v) is 13.5. The molecule has 1 fully saturated rings. The zero-order valence-electron chi connectivity index (χ0n) is 12.7. The fourth-order valence-electron chi connectivity index (χ4n) is 2.68. The Balaban J connectivity index is 1.58. The molecule has 1 aliphatic heterocycles. The summed E-state index contributed by atoms with van der Waals surface area (Å²) in [6, 6.07) is 4.09. The van der Waals surface area contributed by atoms with Crippen LogP contribution in [-0.2, 0) is 0 Å². The van der Waals surface area contributed by atoms with Crippen molar-refractivity contribution in [1.29, 1.82) is 0 Å². The number of nitrogens with two attached hydrogens (primary N) is 1. The lowest BCUT2D eigenvalue weighted by Crippen LogP contribution is -2.45. The summed E-state index contributed by atoms with van der Waals surface area (Å²) in [5.74, 6) is 0. The molecule has 3 rings (SSSR count). The molecule has 0 atom stereocenters. The maximum Gasteiger partial charge on any atom is 0.0907 e. The zero-order chi connectivity index (χ0) is 14.8. The number of piperazine rings is 1. The molecule has 0 amide bonds. The first-order valence-corrected chi connectivity index (χ1v) is 8.25. The highest BCUT2D eigenvalue weighted by molar-refractivity contribution is 7.18. The molecule has 0 radical (unpaired) electrons. The van der Waals surface area contributed by atoms with E-state index in [4.69, 9.17) is 5.73 Å². The largest absolute Gasteiger partial charge is 0.397 e. The summed E-state index contributed by atoms with van der Waals surface area (Å²) in [7, 11) is 2.18. The number of thiazole rings is 1. The standard InChI is InChI=1S/C15H23N5S/c1-11-18-14-10-13(12(16)9-15(14)21-11)17-3-4-20-7-5-19(2)6-8-20/h9-10,17H,3-8,16H2,1-2H3. The van der Waals surface area contributed by atoms with Gasteiger partial charge in [-0.15, -0.1) is 11.3 Å². The van der Waals surface area contributed by atoms with Crippen molar-refractivity contribution in [3.05, 3.63) is 17.1 Å². The Morgan fingerprint density at radius 2 is 2.05 bits per heavy atom. The minimum absolute atomic E-state index is 0.810. The molecule has 3 N–H and O–H groups in total. The Hall–Kier alpha value is -1.37. The van der Waals surface area contributed by atoms with E-state index in [9.17, 15) is 0 Å². The van der Waals surface area contributed by atoms with Crippen LogP contribution < -0.4 is 11.1 Å². The number of benzene rings is 1. The summed E-state index contributed by atoms with van der Waals surface area (Å²) in [5.41, 5.74) is 8.98. The van der Waals surface area contributed by atoms with Crippen LogP contribution in [0.4, 0.5) is 11.4 Å². The second kappa shape index (κ2) is 6.17. The van der Waals surface area contributed by atoms with Crippen LogP contribution in [0.3, 0.4) is 0 Å². The molecule has 114 valence electrons. The van der Waals surface area contributed by atoms with Crippen LogP contribution in [0, 0.1) is 6.92 Å². The third-order valence-electron chi connectivity index (χ3n) is 4.01. The lowest BCUT2D eigenvalue weighted by Gasteiger charge is -2.32. The number of anilines is 2. The van der Waals surface area contributed by atoms with Crippen molar-refractivity contribution < 1.29 is 0 Å². The first-order valence-electron chi connectivity index (χ1n) is 7.43. The van der Waals surface area contributed by atoms with Crippen LogP contribution in [0.2, 0.25) is 0 Å². The number of nitrogen functional groups attached to an aromatic ring is 1. The molecule has 1 aliphatic rings. The van der Waals surface area contributed by atoms with E-state index < -0.39 is 0 Å². The molecule has 21 heavy (non-hydrogen) atoms. The molecule has 2 aromatic rings. The van der Waals surface area contributed by atoms with E-state index >= 15 is 0 Å². The minimum atomic E-state index is 0.810. The van der Waals surface area contributed by atoms with E-state index in [1.54, 1.807) is 11.3 Å². The second-order valence-corrected chi connectivity index (χ2v) is 6.95. The van der Waals surface area contributed by atoms with Crippen molar-refractivity contribution in [1.82, 2.24) is 14.8 Å². The van der Waals surface area contributed by atoms with Gasteiger partial charge in [0.05, 0.1) is 26.6 Å². The number of hydrogen-bond acceptors (Lipinski definition) is 6. The monoisotopic (exact) mass is 305 g/mol. The average Bonchev–Trinajstić information content (AvgIpc) is 2.80. The molecule has 0 spiro atoms.